The van der Waals surface area contributed by atoms with Gasteiger partial charge in [0.15, 0.2) is 0 Å². The number of rotatable bonds is 5. The number of carbonyl (C=O) groups is 1. The summed E-state index contributed by atoms with van der Waals surface area (Å²) < 4.78 is 44.6. The van der Waals surface area contributed by atoms with Gasteiger partial charge in [-0.15, -0.1) is 5.10 Å². The number of hydrogen-bond acceptors (Lipinski definition) is 5. The number of nitrogens with one attached hydrogen (secondary N) is 1. The van der Waals surface area contributed by atoms with E-state index in [0.29, 0.717) is 29.2 Å². The van der Waals surface area contributed by atoms with E-state index in [-0.39, 0.29) is 18.1 Å². The molecule has 7 nitrogen and oxygen atoms in total. The Balaban J connectivity index is 1.76. The number of aromatic nitrogens is 4. The summed E-state index contributed by atoms with van der Waals surface area (Å²) in [5.41, 5.74) is 2.23. The van der Waals surface area contributed by atoms with Gasteiger partial charge in [0.25, 0.3) is 11.6 Å². The smallest absolute Gasteiger partial charge is 0.453 e. The summed E-state index contributed by atoms with van der Waals surface area (Å²) in [4.78, 5) is 19.8. The average Bonchev–Trinajstić information content (AvgIpc) is 3.08. The van der Waals surface area contributed by atoms with Gasteiger partial charge < -0.3 is 10.1 Å². The summed E-state index contributed by atoms with van der Waals surface area (Å²) in [5, 5.41) is 6.26. The monoisotopic (exact) mass is 393 g/mol. The van der Waals surface area contributed by atoms with Crippen molar-refractivity contribution in [2.24, 2.45) is 0 Å². The Hall–Kier alpha value is -3.17. The molecule has 0 unspecified atom stereocenters. The Bertz CT molecular complexity index is 1010. The highest BCUT2D eigenvalue weighted by Gasteiger charge is 2.37. The first kappa shape index (κ1) is 19.6. The van der Waals surface area contributed by atoms with Crippen molar-refractivity contribution < 1.29 is 22.7 Å². The topological polar surface area (TPSA) is 81.4 Å². The minimum absolute atomic E-state index is 0.0298. The summed E-state index contributed by atoms with van der Waals surface area (Å²) in [6, 6.07) is 7.24. The molecule has 2 aromatic heterocycles. The molecule has 0 fully saturated rings. The Kier molecular flexibility index (Phi) is 5.21. The van der Waals surface area contributed by atoms with Gasteiger partial charge in [-0.2, -0.15) is 18.2 Å². The highest BCUT2D eigenvalue weighted by Crippen LogP contribution is 2.27. The number of alkyl halides is 3. The van der Waals surface area contributed by atoms with Crippen LogP contribution in [0, 0.1) is 13.8 Å². The Morgan fingerprint density at radius 1 is 1.18 bits per heavy atom. The van der Waals surface area contributed by atoms with Gasteiger partial charge in [-0.25, -0.2) is 9.50 Å². The molecule has 0 saturated heterocycles. The van der Waals surface area contributed by atoms with Gasteiger partial charge in [0.2, 0.25) is 5.91 Å². The molecule has 1 amide bonds. The molecule has 0 bridgehead atoms. The van der Waals surface area contributed by atoms with Crippen LogP contribution in [0.5, 0.6) is 5.75 Å². The van der Waals surface area contributed by atoms with Crippen molar-refractivity contribution in [2.75, 3.05) is 7.11 Å². The van der Waals surface area contributed by atoms with E-state index in [9.17, 15) is 18.0 Å². The molecule has 0 radical (unpaired) electrons. The molecule has 0 atom stereocenters. The maximum atomic E-state index is 12.8. The fourth-order valence-corrected chi connectivity index (χ4v) is 2.75. The van der Waals surface area contributed by atoms with Crippen LogP contribution in [0.2, 0.25) is 0 Å². The standard InChI is InChI=1S/C18H18F3N5O2/c1-10-14(8-15(27)22-9-12-4-6-13(28-3)7-5-12)11(2)26-17(23-10)24-16(25-26)18(19,20)21/h4-7H,8-9H2,1-3H3,(H,22,27). The number of amides is 1. The molecule has 0 aliphatic heterocycles. The van der Waals surface area contributed by atoms with Gasteiger partial charge in [-0.05, 0) is 31.5 Å². The second kappa shape index (κ2) is 7.45. The number of benzene rings is 1. The van der Waals surface area contributed by atoms with E-state index in [4.69, 9.17) is 4.74 Å². The Morgan fingerprint density at radius 3 is 2.46 bits per heavy atom. The van der Waals surface area contributed by atoms with Crippen LogP contribution in [0.25, 0.3) is 5.78 Å². The van der Waals surface area contributed by atoms with Crippen molar-refractivity contribution in [1.29, 1.82) is 0 Å². The molecule has 3 rings (SSSR count). The van der Waals surface area contributed by atoms with Gasteiger partial charge in [-0.1, -0.05) is 12.1 Å². The van der Waals surface area contributed by atoms with Crippen molar-refractivity contribution in [3.63, 3.8) is 0 Å². The quantitative estimate of drug-likeness (QED) is 0.721. The van der Waals surface area contributed by atoms with Crippen molar-refractivity contribution in [2.45, 2.75) is 33.0 Å². The van der Waals surface area contributed by atoms with Gasteiger partial charge in [0, 0.05) is 23.5 Å². The lowest BCUT2D eigenvalue weighted by Crippen LogP contribution is -2.25. The van der Waals surface area contributed by atoms with Gasteiger partial charge >= 0.3 is 6.18 Å². The van der Waals surface area contributed by atoms with E-state index in [1.54, 1.807) is 33.1 Å². The van der Waals surface area contributed by atoms with Crippen LogP contribution in [0.3, 0.4) is 0 Å². The summed E-state index contributed by atoms with van der Waals surface area (Å²) in [5.74, 6) is -0.973. The second-order valence-electron chi connectivity index (χ2n) is 6.21. The van der Waals surface area contributed by atoms with E-state index in [0.717, 1.165) is 10.1 Å². The molecule has 3 aromatic rings. The molecule has 1 N–H and O–H groups in total. The van der Waals surface area contributed by atoms with E-state index in [2.05, 4.69) is 20.4 Å². The normalized spacial score (nSPS) is 11.6. The molecular formula is C18H18F3N5O2. The maximum Gasteiger partial charge on any atom is 0.453 e. The third-order valence-electron chi connectivity index (χ3n) is 4.29. The number of hydrogen-bond donors (Lipinski definition) is 1. The molecule has 0 aliphatic carbocycles. The van der Waals surface area contributed by atoms with E-state index in [1.165, 1.54) is 0 Å². The molecular weight excluding hydrogens is 375 g/mol. The molecule has 2 heterocycles. The van der Waals surface area contributed by atoms with Crippen LogP contribution in [-0.2, 0) is 23.9 Å². The lowest BCUT2D eigenvalue weighted by Gasteiger charge is -2.11. The lowest BCUT2D eigenvalue weighted by atomic mass is 10.1. The first-order chi connectivity index (χ1) is 13.2. The van der Waals surface area contributed by atoms with E-state index < -0.39 is 12.0 Å². The number of carbonyl (C=O) groups excluding carboxylic acids is 1. The SMILES string of the molecule is COc1ccc(CNC(=O)Cc2c(C)nc3nc(C(F)(F)F)nn3c2C)cc1. The molecule has 1 aromatic carbocycles. The maximum absolute atomic E-state index is 12.8. The van der Waals surface area contributed by atoms with Gasteiger partial charge in [0.05, 0.1) is 13.5 Å². The molecule has 28 heavy (non-hydrogen) atoms. The number of nitrogens with zero attached hydrogens (tertiary/aromatic N) is 4. The third kappa shape index (κ3) is 4.05. The highest BCUT2D eigenvalue weighted by molar-refractivity contribution is 5.79. The predicted octanol–water partition coefficient (Wildman–Crippen LogP) is 2.63. The summed E-state index contributed by atoms with van der Waals surface area (Å²) in [6.07, 6.45) is -4.69. The minimum Gasteiger partial charge on any atom is -0.497 e. The third-order valence-corrected chi connectivity index (χ3v) is 4.29. The zero-order valence-electron chi connectivity index (χ0n) is 15.5. The first-order valence-electron chi connectivity index (χ1n) is 8.38. The highest BCUT2D eigenvalue weighted by atomic mass is 19.4. The van der Waals surface area contributed by atoms with Crippen molar-refractivity contribution in [3.05, 3.63) is 52.6 Å². The van der Waals surface area contributed by atoms with E-state index in [1.807, 2.05) is 12.1 Å². The second-order valence-corrected chi connectivity index (χ2v) is 6.21. The predicted molar refractivity (Wildman–Crippen MR) is 93.8 cm³/mol. The number of methoxy groups -OCH3 is 1. The van der Waals surface area contributed by atoms with Crippen molar-refractivity contribution in [3.8, 4) is 5.75 Å². The molecule has 0 spiro atoms. The molecule has 10 heteroatoms. The van der Waals surface area contributed by atoms with Crippen molar-refractivity contribution >= 4 is 11.7 Å². The average molecular weight is 393 g/mol. The van der Waals surface area contributed by atoms with Crippen LogP contribution in [0.1, 0.15) is 28.3 Å². The first-order valence-corrected chi connectivity index (χ1v) is 8.38. The fourth-order valence-electron chi connectivity index (χ4n) is 2.75. The number of ether oxygens (including phenoxy) is 1. The van der Waals surface area contributed by atoms with Gasteiger partial charge in [0.1, 0.15) is 5.75 Å². The van der Waals surface area contributed by atoms with Crippen LogP contribution in [0.4, 0.5) is 13.2 Å². The zero-order valence-corrected chi connectivity index (χ0v) is 15.5. The zero-order chi connectivity index (χ0) is 20.5. The van der Waals surface area contributed by atoms with Gasteiger partial charge in [-0.3, -0.25) is 4.79 Å². The summed E-state index contributed by atoms with van der Waals surface area (Å²) in [7, 11) is 1.57. The van der Waals surface area contributed by atoms with Crippen LogP contribution < -0.4 is 10.1 Å². The summed E-state index contributed by atoms with van der Waals surface area (Å²) in [6.45, 7) is 3.53. The number of halogens is 3. The molecule has 148 valence electrons. The molecule has 0 aliphatic rings. The minimum atomic E-state index is -4.66. The van der Waals surface area contributed by atoms with Crippen molar-refractivity contribution in [1.82, 2.24) is 24.9 Å². The summed E-state index contributed by atoms with van der Waals surface area (Å²) >= 11 is 0. The lowest BCUT2D eigenvalue weighted by molar-refractivity contribution is -0.144. The largest absolute Gasteiger partial charge is 0.497 e. The number of aryl methyl sites for hydroxylation is 2. The molecule has 0 saturated carbocycles. The van der Waals surface area contributed by atoms with E-state index >= 15 is 0 Å². The Morgan fingerprint density at radius 2 is 1.86 bits per heavy atom. The fraction of sp³-hybridized carbons (Fsp3) is 0.333. The van der Waals surface area contributed by atoms with Crippen LogP contribution in [0.15, 0.2) is 24.3 Å². The number of fused-ring (bicyclic) bond motifs is 1. The van der Waals surface area contributed by atoms with Crippen LogP contribution >= 0.6 is 0 Å². The Labute approximate surface area is 158 Å². The van der Waals surface area contributed by atoms with Crippen LogP contribution in [-0.4, -0.2) is 32.6 Å².